The Morgan fingerprint density at radius 2 is 2.29 bits per heavy atom. The van der Waals surface area contributed by atoms with Gasteiger partial charge in [-0.25, -0.2) is 0 Å². The van der Waals surface area contributed by atoms with Crippen LogP contribution in [0.15, 0.2) is 36.9 Å². The number of allylic oxidation sites excluding steroid dienone is 1. The lowest BCUT2D eigenvalue weighted by molar-refractivity contribution is 0.0980. The van der Waals surface area contributed by atoms with Gasteiger partial charge in [-0.05, 0) is 31.4 Å². The SMILES string of the molecule is C=CCCCC(=O)c1cccc(OCCC)c1. The molecular formula is C15H20O2. The second kappa shape index (κ2) is 7.66. The molecule has 0 aromatic heterocycles. The van der Waals surface area contributed by atoms with Gasteiger partial charge in [0.1, 0.15) is 5.75 Å². The maximum atomic E-state index is 11.9. The zero-order valence-electron chi connectivity index (χ0n) is 10.4. The molecule has 0 heterocycles. The topological polar surface area (TPSA) is 26.3 Å². The fourth-order valence-corrected chi connectivity index (χ4v) is 1.53. The minimum Gasteiger partial charge on any atom is -0.494 e. The molecule has 0 saturated heterocycles. The Morgan fingerprint density at radius 1 is 1.47 bits per heavy atom. The third-order valence-electron chi connectivity index (χ3n) is 2.44. The van der Waals surface area contributed by atoms with Crippen molar-refractivity contribution in [2.75, 3.05) is 6.61 Å². The van der Waals surface area contributed by atoms with E-state index in [-0.39, 0.29) is 5.78 Å². The minimum absolute atomic E-state index is 0.175. The van der Waals surface area contributed by atoms with Gasteiger partial charge >= 0.3 is 0 Å². The molecule has 1 rings (SSSR count). The molecule has 0 atom stereocenters. The first kappa shape index (κ1) is 13.5. The van der Waals surface area contributed by atoms with Crippen molar-refractivity contribution in [3.63, 3.8) is 0 Å². The van der Waals surface area contributed by atoms with Crippen LogP contribution in [-0.2, 0) is 0 Å². The molecule has 0 bridgehead atoms. The van der Waals surface area contributed by atoms with E-state index < -0.39 is 0 Å². The van der Waals surface area contributed by atoms with E-state index in [2.05, 4.69) is 13.5 Å². The van der Waals surface area contributed by atoms with E-state index in [9.17, 15) is 4.79 Å². The maximum absolute atomic E-state index is 11.9. The van der Waals surface area contributed by atoms with E-state index in [0.717, 1.165) is 30.6 Å². The van der Waals surface area contributed by atoms with E-state index in [1.54, 1.807) is 0 Å². The molecule has 0 aliphatic carbocycles. The predicted octanol–water partition coefficient (Wildman–Crippen LogP) is 4.01. The molecule has 0 unspecified atom stereocenters. The third kappa shape index (κ3) is 4.85. The number of rotatable bonds is 8. The first-order valence-electron chi connectivity index (χ1n) is 6.15. The van der Waals surface area contributed by atoms with Crippen LogP contribution in [0.4, 0.5) is 0 Å². The number of carbonyl (C=O) groups excluding carboxylic acids is 1. The fraction of sp³-hybridized carbons (Fsp3) is 0.400. The van der Waals surface area contributed by atoms with Gasteiger partial charge in [-0.1, -0.05) is 25.1 Å². The molecule has 0 saturated carbocycles. The summed E-state index contributed by atoms with van der Waals surface area (Å²) in [4.78, 5) is 11.9. The number of benzene rings is 1. The summed E-state index contributed by atoms with van der Waals surface area (Å²) in [6.07, 6.45) is 5.13. The fourth-order valence-electron chi connectivity index (χ4n) is 1.53. The number of hydrogen-bond acceptors (Lipinski definition) is 2. The van der Waals surface area contributed by atoms with E-state index in [1.807, 2.05) is 30.3 Å². The molecule has 17 heavy (non-hydrogen) atoms. The highest BCUT2D eigenvalue weighted by Crippen LogP contribution is 2.16. The average Bonchev–Trinajstić information content (AvgIpc) is 2.37. The van der Waals surface area contributed by atoms with Crippen molar-refractivity contribution in [1.29, 1.82) is 0 Å². The van der Waals surface area contributed by atoms with Crippen LogP contribution in [0.25, 0.3) is 0 Å². The van der Waals surface area contributed by atoms with Gasteiger partial charge in [0.25, 0.3) is 0 Å². The molecule has 0 fully saturated rings. The van der Waals surface area contributed by atoms with Gasteiger partial charge in [0, 0.05) is 12.0 Å². The highest BCUT2D eigenvalue weighted by Gasteiger charge is 2.06. The lowest BCUT2D eigenvalue weighted by Crippen LogP contribution is -2.00. The Labute approximate surface area is 103 Å². The Kier molecular flexibility index (Phi) is 6.08. The lowest BCUT2D eigenvalue weighted by atomic mass is 10.1. The highest BCUT2D eigenvalue weighted by atomic mass is 16.5. The summed E-state index contributed by atoms with van der Waals surface area (Å²) in [6, 6.07) is 7.42. The number of Topliss-reactive ketones (excluding diaryl/α,β-unsaturated/α-hetero) is 1. The van der Waals surface area contributed by atoms with E-state index >= 15 is 0 Å². The Morgan fingerprint density at radius 3 is 3.00 bits per heavy atom. The Bertz CT molecular complexity index is 369. The second-order valence-electron chi connectivity index (χ2n) is 3.98. The number of carbonyl (C=O) groups is 1. The van der Waals surface area contributed by atoms with Crippen LogP contribution in [0.5, 0.6) is 5.75 Å². The van der Waals surface area contributed by atoms with E-state index in [4.69, 9.17) is 4.74 Å². The van der Waals surface area contributed by atoms with Crippen molar-refractivity contribution in [2.45, 2.75) is 32.6 Å². The molecule has 1 aromatic rings. The molecule has 92 valence electrons. The minimum atomic E-state index is 0.175. The van der Waals surface area contributed by atoms with Crippen LogP contribution in [0.3, 0.4) is 0 Å². The van der Waals surface area contributed by atoms with Crippen molar-refractivity contribution >= 4 is 5.78 Å². The van der Waals surface area contributed by atoms with Crippen LogP contribution in [0.1, 0.15) is 43.0 Å². The summed E-state index contributed by atoms with van der Waals surface area (Å²) in [5.41, 5.74) is 0.739. The molecular weight excluding hydrogens is 212 g/mol. The van der Waals surface area contributed by atoms with Gasteiger partial charge in [0.15, 0.2) is 5.78 Å². The molecule has 0 amide bonds. The van der Waals surface area contributed by atoms with E-state index in [1.165, 1.54) is 0 Å². The van der Waals surface area contributed by atoms with Crippen molar-refractivity contribution in [3.05, 3.63) is 42.5 Å². The summed E-state index contributed by atoms with van der Waals surface area (Å²) in [6.45, 7) is 6.40. The number of hydrogen-bond donors (Lipinski definition) is 0. The quantitative estimate of drug-likeness (QED) is 0.384. The van der Waals surface area contributed by atoms with Crippen LogP contribution >= 0.6 is 0 Å². The van der Waals surface area contributed by atoms with Crippen LogP contribution in [0.2, 0.25) is 0 Å². The zero-order valence-corrected chi connectivity index (χ0v) is 10.4. The summed E-state index contributed by atoms with van der Waals surface area (Å²) < 4.78 is 5.50. The molecule has 0 N–H and O–H groups in total. The van der Waals surface area contributed by atoms with Crippen molar-refractivity contribution in [2.24, 2.45) is 0 Å². The molecule has 0 aliphatic heterocycles. The van der Waals surface area contributed by atoms with Crippen molar-refractivity contribution in [1.82, 2.24) is 0 Å². The Hall–Kier alpha value is -1.57. The third-order valence-corrected chi connectivity index (χ3v) is 2.44. The number of unbranched alkanes of at least 4 members (excludes halogenated alkanes) is 1. The van der Waals surface area contributed by atoms with Crippen LogP contribution in [0, 0.1) is 0 Å². The average molecular weight is 232 g/mol. The first-order chi connectivity index (χ1) is 8.27. The first-order valence-corrected chi connectivity index (χ1v) is 6.15. The summed E-state index contributed by atoms with van der Waals surface area (Å²) >= 11 is 0. The molecule has 2 heteroatoms. The van der Waals surface area contributed by atoms with Gasteiger partial charge < -0.3 is 4.74 Å². The number of ketones is 1. The van der Waals surface area contributed by atoms with Gasteiger partial charge in [-0.2, -0.15) is 0 Å². The number of ether oxygens (including phenoxy) is 1. The summed E-state index contributed by atoms with van der Waals surface area (Å²) in [5.74, 6) is 0.954. The standard InChI is InChI=1S/C15H20O2/c1-3-5-6-10-15(16)13-8-7-9-14(12-13)17-11-4-2/h3,7-9,12H,1,4-6,10-11H2,2H3. The monoisotopic (exact) mass is 232 g/mol. The van der Waals surface area contributed by atoms with Gasteiger partial charge in [-0.15, -0.1) is 6.58 Å². The summed E-state index contributed by atoms with van der Waals surface area (Å²) in [5, 5.41) is 0. The second-order valence-corrected chi connectivity index (χ2v) is 3.98. The largest absolute Gasteiger partial charge is 0.494 e. The zero-order chi connectivity index (χ0) is 12.5. The van der Waals surface area contributed by atoms with E-state index in [0.29, 0.717) is 13.0 Å². The summed E-state index contributed by atoms with van der Waals surface area (Å²) in [7, 11) is 0. The Balaban J connectivity index is 2.57. The highest BCUT2D eigenvalue weighted by molar-refractivity contribution is 5.96. The molecule has 0 radical (unpaired) electrons. The molecule has 2 nitrogen and oxygen atoms in total. The van der Waals surface area contributed by atoms with Gasteiger partial charge in [0.2, 0.25) is 0 Å². The van der Waals surface area contributed by atoms with Crippen LogP contribution < -0.4 is 4.74 Å². The van der Waals surface area contributed by atoms with Crippen molar-refractivity contribution in [3.8, 4) is 5.75 Å². The molecule has 1 aromatic carbocycles. The van der Waals surface area contributed by atoms with Crippen molar-refractivity contribution < 1.29 is 9.53 Å². The van der Waals surface area contributed by atoms with Gasteiger partial charge in [-0.3, -0.25) is 4.79 Å². The normalized spacial score (nSPS) is 9.94. The smallest absolute Gasteiger partial charge is 0.163 e. The van der Waals surface area contributed by atoms with Crippen LogP contribution in [-0.4, -0.2) is 12.4 Å². The van der Waals surface area contributed by atoms with Gasteiger partial charge in [0.05, 0.1) is 6.61 Å². The molecule has 0 spiro atoms. The predicted molar refractivity (Wildman–Crippen MR) is 70.6 cm³/mol. The molecule has 0 aliphatic rings. The lowest BCUT2D eigenvalue weighted by Gasteiger charge is -2.06. The maximum Gasteiger partial charge on any atom is 0.163 e.